The van der Waals surface area contributed by atoms with Crippen LogP contribution >= 0.6 is 11.6 Å². The Labute approximate surface area is 109 Å². The summed E-state index contributed by atoms with van der Waals surface area (Å²) in [6, 6.07) is 6.05. The second-order valence-corrected chi connectivity index (χ2v) is 5.22. The zero-order valence-corrected chi connectivity index (χ0v) is 11.0. The van der Waals surface area contributed by atoms with E-state index in [0.717, 1.165) is 30.6 Å². The molecule has 2 unspecified atom stereocenters. The van der Waals surface area contributed by atoms with Crippen LogP contribution < -0.4 is 5.32 Å². The Kier molecular flexibility index (Phi) is 5.27. The summed E-state index contributed by atoms with van der Waals surface area (Å²) in [4.78, 5) is 4.31. The summed E-state index contributed by atoms with van der Waals surface area (Å²) in [7, 11) is 0. The first-order chi connectivity index (χ1) is 8.40. The molecule has 2 atom stereocenters. The van der Waals surface area contributed by atoms with Gasteiger partial charge in [0.05, 0.1) is 5.69 Å². The molecule has 1 aromatic rings. The van der Waals surface area contributed by atoms with Gasteiger partial charge in [0.2, 0.25) is 0 Å². The number of hydrogen-bond donors (Lipinski definition) is 1. The van der Waals surface area contributed by atoms with Crippen molar-refractivity contribution in [3.8, 4) is 0 Å². The van der Waals surface area contributed by atoms with Crippen molar-refractivity contribution >= 4 is 11.6 Å². The molecule has 1 saturated carbocycles. The van der Waals surface area contributed by atoms with Crippen molar-refractivity contribution < 1.29 is 0 Å². The van der Waals surface area contributed by atoms with Gasteiger partial charge in [-0.15, -0.1) is 11.6 Å². The summed E-state index contributed by atoms with van der Waals surface area (Å²) in [6.45, 7) is 1.94. The first kappa shape index (κ1) is 12.8. The molecule has 0 aromatic carbocycles. The summed E-state index contributed by atoms with van der Waals surface area (Å²) in [5, 5.41) is 3.51. The van der Waals surface area contributed by atoms with Crippen molar-refractivity contribution in [1.82, 2.24) is 10.3 Å². The molecular weight excluding hydrogens is 232 g/mol. The lowest BCUT2D eigenvalue weighted by molar-refractivity contribution is 0.250. The van der Waals surface area contributed by atoms with E-state index in [1.807, 2.05) is 18.3 Å². The van der Waals surface area contributed by atoms with Gasteiger partial charge in [-0.3, -0.25) is 4.98 Å². The predicted octanol–water partition coefficient (Wildman–Crippen LogP) is 3.22. The summed E-state index contributed by atoms with van der Waals surface area (Å²) in [6.07, 6.45) is 7.20. The third kappa shape index (κ3) is 3.97. The molecule has 2 rings (SSSR count). The van der Waals surface area contributed by atoms with Crippen LogP contribution in [0.4, 0.5) is 0 Å². The molecule has 1 aliphatic rings. The van der Waals surface area contributed by atoms with Gasteiger partial charge >= 0.3 is 0 Å². The van der Waals surface area contributed by atoms with E-state index in [9.17, 15) is 0 Å². The van der Waals surface area contributed by atoms with Gasteiger partial charge in [-0.2, -0.15) is 0 Å². The first-order valence-corrected chi connectivity index (χ1v) is 7.10. The zero-order valence-electron chi connectivity index (χ0n) is 10.2. The Hall–Kier alpha value is -0.600. The van der Waals surface area contributed by atoms with Crippen molar-refractivity contribution in [2.45, 2.75) is 32.2 Å². The number of pyridine rings is 1. The molecule has 0 amide bonds. The second kappa shape index (κ2) is 6.97. The fourth-order valence-electron chi connectivity index (χ4n) is 2.64. The highest BCUT2D eigenvalue weighted by Gasteiger charge is 2.23. The largest absolute Gasteiger partial charge is 0.311 e. The topological polar surface area (TPSA) is 24.9 Å². The van der Waals surface area contributed by atoms with Crippen LogP contribution in [0.3, 0.4) is 0 Å². The predicted molar refractivity (Wildman–Crippen MR) is 72.1 cm³/mol. The van der Waals surface area contributed by atoms with Gasteiger partial charge in [0.15, 0.2) is 0 Å². The Balaban J connectivity index is 1.74. The molecule has 1 heterocycles. The summed E-state index contributed by atoms with van der Waals surface area (Å²) >= 11 is 6.03. The maximum atomic E-state index is 6.03. The van der Waals surface area contributed by atoms with Crippen molar-refractivity contribution in [3.63, 3.8) is 0 Å². The smallest absolute Gasteiger partial charge is 0.0541 e. The minimum atomic E-state index is 0.710. The molecule has 0 radical (unpaired) electrons. The quantitative estimate of drug-likeness (QED) is 0.814. The third-order valence-corrected chi connectivity index (χ3v) is 4.10. The van der Waals surface area contributed by atoms with E-state index < -0.39 is 0 Å². The molecule has 17 heavy (non-hydrogen) atoms. The lowest BCUT2D eigenvalue weighted by Crippen LogP contribution is -2.31. The second-order valence-electron chi connectivity index (χ2n) is 4.91. The maximum absolute atomic E-state index is 6.03. The highest BCUT2D eigenvalue weighted by atomic mass is 35.5. The molecule has 0 saturated heterocycles. The number of halogens is 1. The molecule has 1 fully saturated rings. The van der Waals surface area contributed by atoms with Crippen LogP contribution in [0, 0.1) is 11.8 Å². The van der Waals surface area contributed by atoms with Crippen LogP contribution in [0.2, 0.25) is 0 Å². The molecule has 94 valence electrons. The highest BCUT2D eigenvalue weighted by Crippen LogP contribution is 2.30. The van der Waals surface area contributed by atoms with E-state index >= 15 is 0 Å². The minimum absolute atomic E-state index is 0.710. The number of alkyl halides is 1. The van der Waals surface area contributed by atoms with Crippen molar-refractivity contribution in [3.05, 3.63) is 30.1 Å². The maximum Gasteiger partial charge on any atom is 0.0541 e. The van der Waals surface area contributed by atoms with Gasteiger partial charge in [0.1, 0.15) is 0 Å². The van der Waals surface area contributed by atoms with E-state index in [4.69, 9.17) is 11.6 Å². The van der Waals surface area contributed by atoms with Crippen LogP contribution in [-0.2, 0) is 6.54 Å². The van der Waals surface area contributed by atoms with Crippen molar-refractivity contribution in [2.75, 3.05) is 12.4 Å². The number of rotatable bonds is 5. The van der Waals surface area contributed by atoms with E-state index in [1.165, 1.54) is 25.7 Å². The number of nitrogens with zero attached hydrogens (tertiary/aromatic N) is 1. The minimum Gasteiger partial charge on any atom is -0.311 e. The molecule has 0 aliphatic heterocycles. The molecule has 1 aliphatic carbocycles. The van der Waals surface area contributed by atoms with E-state index in [-0.39, 0.29) is 0 Å². The number of nitrogens with one attached hydrogen (secondary N) is 1. The summed E-state index contributed by atoms with van der Waals surface area (Å²) < 4.78 is 0. The number of hydrogen-bond acceptors (Lipinski definition) is 2. The molecule has 1 aromatic heterocycles. The molecule has 3 heteroatoms. The van der Waals surface area contributed by atoms with E-state index in [0.29, 0.717) is 5.92 Å². The zero-order chi connectivity index (χ0) is 11.9. The average molecular weight is 253 g/mol. The van der Waals surface area contributed by atoms with Crippen LogP contribution in [0.5, 0.6) is 0 Å². The van der Waals surface area contributed by atoms with Gasteiger partial charge in [0, 0.05) is 18.6 Å². The van der Waals surface area contributed by atoms with E-state index in [1.54, 1.807) is 0 Å². The highest BCUT2D eigenvalue weighted by molar-refractivity contribution is 6.18. The molecule has 1 N–H and O–H groups in total. The fraction of sp³-hybridized carbons (Fsp3) is 0.643. The molecule has 0 bridgehead atoms. The van der Waals surface area contributed by atoms with Crippen molar-refractivity contribution in [1.29, 1.82) is 0 Å². The van der Waals surface area contributed by atoms with Gasteiger partial charge < -0.3 is 5.32 Å². The summed E-state index contributed by atoms with van der Waals surface area (Å²) in [5.41, 5.74) is 1.12. The van der Waals surface area contributed by atoms with E-state index in [2.05, 4.69) is 16.4 Å². The van der Waals surface area contributed by atoms with Gasteiger partial charge in [-0.05, 0) is 43.4 Å². The van der Waals surface area contributed by atoms with Crippen LogP contribution in [0.25, 0.3) is 0 Å². The Morgan fingerprint density at radius 1 is 1.24 bits per heavy atom. The van der Waals surface area contributed by atoms with Crippen LogP contribution in [0.15, 0.2) is 24.4 Å². The lowest BCUT2D eigenvalue weighted by atomic mass is 9.80. The number of aromatic nitrogens is 1. The molecule has 2 nitrogen and oxygen atoms in total. The molecule has 0 spiro atoms. The van der Waals surface area contributed by atoms with Crippen molar-refractivity contribution in [2.24, 2.45) is 11.8 Å². The van der Waals surface area contributed by atoms with Gasteiger partial charge in [0.25, 0.3) is 0 Å². The Bertz CT molecular complexity index is 315. The SMILES string of the molecule is ClCC1CCCCC1CNCc1ccccn1. The first-order valence-electron chi connectivity index (χ1n) is 6.56. The van der Waals surface area contributed by atoms with Gasteiger partial charge in [-0.25, -0.2) is 0 Å². The van der Waals surface area contributed by atoms with Crippen LogP contribution in [-0.4, -0.2) is 17.4 Å². The lowest BCUT2D eigenvalue weighted by Gasteiger charge is -2.30. The summed E-state index contributed by atoms with van der Waals surface area (Å²) in [5.74, 6) is 2.28. The third-order valence-electron chi connectivity index (χ3n) is 3.70. The standard InChI is InChI=1S/C14H21ClN2/c15-9-12-5-1-2-6-13(12)10-16-11-14-7-3-4-8-17-14/h3-4,7-8,12-13,16H,1-2,5-6,9-11H2. The fourth-order valence-corrected chi connectivity index (χ4v) is 3.05. The monoisotopic (exact) mass is 252 g/mol. The normalized spacial score (nSPS) is 24.8. The Morgan fingerprint density at radius 3 is 2.76 bits per heavy atom. The van der Waals surface area contributed by atoms with Gasteiger partial charge in [-0.1, -0.05) is 18.9 Å². The average Bonchev–Trinajstić information content (AvgIpc) is 2.40. The molecular formula is C14H21ClN2. The Morgan fingerprint density at radius 2 is 2.06 bits per heavy atom. The van der Waals surface area contributed by atoms with Crippen LogP contribution in [0.1, 0.15) is 31.4 Å².